The van der Waals surface area contributed by atoms with Crippen molar-refractivity contribution in [1.29, 1.82) is 0 Å². The van der Waals surface area contributed by atoms with Crippen molar-refractivity contribution >= 4 is 11.9 Å². The molecule has 118 valence electrons. The Bertz CT molecular complexity index is 701. The molecule has 1 saturated carbocycles. The van der Waals surface area contributed by atoms with Crippen LogP contribution in [0.1, 0.15) is 51.7 Å². The lowest BCUT2D eigenvalue weighted by atomic mass is 9.94. The summed E-state index contributed by atoms with van der Waals surface area (Å²) in [4.78, 5) is 30.7. The van der Waals surface area contributed by atoms with Gasteiger partial charge in [0.2, 0.25) is 0 Å². The molecule has 0 unspecified atom stereocenters. The lowest BCUT2D eigenvalue weighted by Gasteiger charge is -2.21. The molecule has 1 amide bonds. The van der Waals surface area contributed by atoms with Gasteiger partial charge in [0.25, 0.3) is 5.91 Å². The molecular formula is C17H17N3O3. The Hall–Kier alpha value is -2.76. The molecule has 1 aromatic carbocycles. The van der Waals surface area contributed by atoms with E-state index in [4.69, 9.17) is 5.11 Å². The van der Waals surface area contributed by atoms with E-state index in [1.807, 2.05) is 18.2 Å². The van der Waals surface area contributed by atoms with Crippen LogP contribution in [0.4, 0.5) is 0 Å². The van der Waals surface area contributed by atoms with Gasteiger partial charge in [0, 0.05) is 12.0 Å². The first-order chi connectivity index (χ1) is 11.1. The number of nitrogens with one attached hydrogen (secondary N) is 1. The van der Waals surface area contributed by atoms with Crippen molar-refractivity contribution in [2.45, 2.75) is 31.2 Å². The zero-order chi connectivity index (χ0) is 16.2. The second-order valence-corrected chi connectivity index (χ2v) is 5.62. The molecule has 0 saturated heterocycles. The maximum Gasteiger partial charge on any atom is 0.356 e. The molecule has 1 fully saturated rings. The van der Waals surface area contributed by atoms with E-state index in [-0.39, 0.29) is 23.3 Å². The molecule has 1 aliphatic rings. The zero-order valence-corrected chi connectivity index (χ0v) is 12.5. The van der Waals surface area contributed by atoms with Gasteiger partial charge in [-0.2, -0.15) is 0 Å². The highest BCUT2D eigenvalue weighted by molar-refractivity contribution is 5.93. The van der Waals surface area contributed by atoms with Crippen molar-refractivity contribution in [2.75, 3.05) is 0 Å². The van der Waals surface area contributed by atoms with Crippen molar-refractivity contribution in [3.63, 3.8) is 0 Å². The number of amides is 1. The van der Waals surface area contributed by atoms with Crippen LogP contribution in [0.25, 0.3) is 0 Å². The van der Waals surface area contributed by atoms with Gasteiger partial charge in [0.05, 0.1) is 12.4 Å². The maximum absolute atomic E-state index is 12.3. The van der Waals surface area contributed by atoms with E-state index in [0.717, 1.165) is 25.5 Å². The molecule has 3 rings (SSSR count). The molecule has 0 spiro atoms. The van der Waals surface area contributed by atoms with Gasteiger partial charge in [0.15, 0.2) is 5.69 Å². The quantitative estimate of drug-likeness (QED) is 0.903. The summed E-state index contributed by atoms with van der Waals surface area (Å²) in [5, 5.41) is 11.8. The fourth-order valence-electron chi connectivity index (χ4n) is 3.03. The number of carbonyl (C=O) groups is 2. The molecule has 0 bridgehead atoms. The molecule has 6 heteroatoms. The first-order valence-electron chi connectivity index (χ1n) is 7.56. The minimum absolute atomic E-state index is 0.0610. The highest BCUT2D eigenvalue weighted by Crippen LogP contribution is 2.34. The van der Waals surface area contributed by atoms with Crippen molar-refractivity contribution in [2.24, 2.45) is 0 Å². The third-order valence-electron chi connectivity index (χ3n) is 4.16. The number of hydrogen-bond acceptors (Lipinski definition) is 4. The van der Waals surface area contributed by atoms with Crippen LogP contribution < -0.4 is 5.32 Å². The SMILES string of the molecule is O=C(O)c1cnc(C(=O)N[C@@H]2CCC[C@H]2c2ccccc2)cn1. The number of carboxylic acids is 1. The summed E-state index contributed by atoms with van der Waals surface area (Å²) in [7, 11) is 0. The zero-order valence-electron chi connectivity index (χ0n) is 12.5. The number of benzene rings is 1. The standard InChI is InChI=1S/C17H17N3O3/c21-16(14-9-19-15(10-18-14)17(22)23)20-13-8-4-7-12(13)11-5-2-1-3-6-11/h1-3,5-6,9-10,12-13H,4,7-8H2,(H,20,21)(H,22,23)/t12-,13+/m0/s1. The van der Waals surface area contributed by atoms with Crippen LogP contribution in [0.5, 0.6) is 0 Å². The Morgan fingerprint density at radius 1 is 1.04 bits per heavy atom. The lowest BCUT2D eigenvalue weighted by molar-refractivity contribution is 0.0689. The van der Waals surface area contributed by atoms with Gasteiger partial charge in [-0.05, 0) is 18.4 Å². The Balaban J connectivity index is 1.70. The van der Waals surface area contributed by atoms with E-state index >= 15 is 0 Å². The van der Waals surface area contributed by atoms with Crippen LogP contribution in [0.3, 0.4) is 0 Å². The van der Waals surface area contributed by atoms with Crippen molar-refractivity contribution in [3.05, 3.63) is 59.7 Å². The van der Waals surface area contributed by atoms with Gasteiger partial charge >= 0.3 is 5.97 Å². The summed E-state index contributed by atoms with van der Waals surface area (Å²) in [6.07, 6.45) is 5.32. The smallest absolute Gasteiger partial charge is 0.356 e. The fourth-order valence-corrected chi connectivity index (χ4v) is 3.03. The van der Waals surface area contributed by atoms with E-state index in [0.29, 0.717) is 5.92 Å². The predicted octanol–water partition coefficient (Wildman–Crippen LogP) is 2.24. The van der Waals surface area contributed by atoms with Gasteiger partial charge in [0.1, 0.15) is 5.69 Å². The highest BCUT2D eigenvalue weighted by atomic mass is 16.4. The molecule has 1 heterocycles. The summed E-state index contributed by atoms with van der Waals surface area (Å²) in [5.41, 5.74) is 1.18. The number of carbonyl (C=O) groups excluding carboxylic acids is 1. The van der Waals surface area contributed by atoms with Gasteiger partial charge in [-0.3, -0.25) is 4.79 Å². The summed E-state index contributed by atoms with van der Waals surface area (Å²) in [5.74, 6) is -1.18. The monoisotopic (exact) mass is 311 g/mol. The molecule has 6 nitrogen and oxygen atoms in total. The summed E-state index contributed by atoms with van der Waals surface area (Å²) < 4.78 is 0. The predicted molar refractivity (Wildman–Crippen MR) is 83.3 cm³/mol. The first kappa shape index (κ1) is 15.1. The number of rotatable bonds is 4. The first-order valence-corrected chi connectivity index (χ1v) is 7.56. The second-order valence-electron chi connectivity index (χ2n) is 5.62. The van der Waals surface area contributed by atoms with Crippen molar-refractivity contribution in [3.8, 4) is 0 Å². The Labute approximate surface area is 133 Å². The molecule has 2 atom stereocenters. The Kier molecular flexibility index (Phi) is 4.32. The van der Waals surface area contributed by atoms with Gasteiger partial charge in [-0.1, -0.05) is 36.8 Å². The van der Waals surface area contributed by atoms with Crippen LogP contribution in [-0.4, -0.2) is 33.0 Å². The fraction of sp³-hybridized carbons (Fsp3) is 0.294. The number of nitrogens with zero attached hydrogens (tertiary/aromatic N) is 2. The Morgan fingerprint density at radius 3 is 2.39 bits per heavy atom. The van der Waals surface area contributed by atoms with E-state index in [1.165, 1.54) is 11.8 Å². The third kappa shape index (κ3) is 3.36. The average Bonchev–Trinajstić information content (AvgIpc) is 3.04. The average molecular weight is 311 g/mol. The normalized spacial score (nSPS) is 20.2. The molecule has 0 aliphatic heterocycles. The minimum atomic E-state index is -1.16. The molecule has 2 N–H and O–H groups in total. The lowest BCUT2D eigenvalue weighted by Crippen LogP contribution is -2.37. The number of aromatic carboxylic acids is 1. The van der Waals surface area contributed by atoms with Gasteiger partial charge < -0.3 is 10.4 Å². The number of carboxylic acid groups (broad SMARTS) is 1. The molecule has 0 radical (unpaired) electrons. The largest absolute Gasteiger partial charge is 0.476 e. The van der Waals surface area contributed by atoms with E-state index in [2.05, 4.69) is 27.4 Å². The molecule has 1 aromatic heterocycles. The molecule has 23 heavy (non-hydrogen) atoms. The second kappa shape index (κ2) is 6.56. The van der Waals surface area contributed by atoms with Crippen LogP contribution in [0, 0.1) is 0 Å². The topological polar surface area (TPSA) is 92.2 Å². The number of aromatic nitrogens is 2. The number of hydrogen-bond donors (Lipinski definition) is 2. The van der Waals surface area contributed by atoms with Crippen LogP contribution >= 0.6 is 0 Å². The molecular weight excluding hydrogens is 294 g/mol. The third-order valence-corrected chi connectivity index (χ3v) is 4.16. The van der Waals surface area contributed by atoms with Crippen molar-refractivity contribution < 1.29 is 14.7 Å². The minimum Gasteiger partial charge on any atom is -0.476 e. The van der Waals surface area contributed by atoms with E-state index < -0.39 is 5.97 Å². The summed E-state index contributed by atoms with van der Waals surface area (Å²) in [6, 6.07) is 10.2. The van der Waals surface area contributed by atoms with Gasteiger partial charge in [-0.25, -0.2) is 14.8 Å². The molecule has 2 aromatic rings. The van der Waals surface area contributed by atoms with E-state index in [9.17, 15) is 9.59 Å². The summed E-state index contributed by atoms with van der Waals surface area (Å²) >= 11 is 0. The van der Waals surface area contributed by atoms with Gasteiger partial charge in [-0.15, -0.1) is 0 Å². The maximum atomic E-state index is 12.3. The Morgan fingerprint density at radius 2 is 1.74 bits per heavy atom. The highest BCUT2D eigenvalue weighted by Gasteiger charge is 2.30. The summed E-state index contributed by atoms with van der Waals surface area (Å²) in [6.45, 7) is 0. The van der Waals surface area contributed by atoms with Crippen molar-refractivity contribution in [1.82, 2.24) is 15.3 Å². The van der Waals surface area contributed by atoms with Crippen LogP contribution in [0.15, 0.2) is 42.7 Å². The van der Waals surface area contributed by atoms with Crippen LogP contribution in [0.2, 0.25) is 0 Å². The molecule has 1 aliphatic carbocycles. The van der Waals surface area contributed by atoms with Crippen LogP contribution in [-0.2, 0) is 0 Å². The van der Waals surface area contributed by atoms with E-state index in [1.54, 1.807) is 0 Å².